The van der Waals surface area contributed by atoms with Crippen molar-refractivity contribution >= 4 is 17.6 Å². The van der Waals surface area contributed by atoms with E-state index < -0.39 is 6.10 Å². The molecule has 3 aliphatic rings. The first-order valence-electron chi connectivity index (χ1n) is 13.4. The average molecular weight is 507 g/mol. The Morgan fingerprint density at radius 3 is 2.54 bits per heavy atom. The minimum absolute atomic E-state index is 0.0390. The van der Waals surface area contributed by atoms with Gasteiger partial charge >= 0.3 is 6.03 Å². The van der Waals surface area contributed by atoms with Crippen molar-refractivity contribution in [2.45, 2.75) is 45.5 Å². The lowest BCUT2D eigenvalue weighted by atomic mass is 10.00. The van der Waals surface area contributed by atoms with E-state index in [-0.39, 0.29) is 18.0 Å². The molecule has 2 fully saturated rings. The normalized spacial score (nSPS) is 21.4. The molecule has 0 bridgehead atoms. The second-order valence-electron chi connectivity index (χ2n) is 10.6. The van der Waals surface area contributed by atoms with Crippen molar-refractivity contribution in [2.24, 2.45) is 0 Å². The van der Waals surface area contributed by atoms with Crippen molar-refractivity contribution in [3.8, 4) is 0 Å². The van der Waals surface area contributed by atoms with Crippen LogP contribution >= 0.6 is 0 Å². The van der Waals surface area contributed by atoms with Gasteiger partial charge in [-0.05, 0) is 36.6 Å². The number of aliphatic hydroxyl groups is 1. The molecular formula is C28H38N6O3. The standard InChI is InChI=1S/C28H38N6O3/c1-21-16-31(22(2)35)13-14-34(21)26-8-7-25(29-15-26)18-32-11-12-33(28(32)37)20-27(36)19-30-10-9-23-5-3-4-6-24(23)17-30/h3-8,15,21,27,36H,9-14,16-20H2,1-2H3. The Morgan fingerprint density at radius 2 is 1.81 bits per heavy atom. The highest BCUT2D eigenvalue weighted by Gasteiger charge is 2.31. The van der Waals surface area contributed by atoms with Gasteiger partial charge < -0.3 is 24.7 Å². The first kappa shape index (κ1) is 25.5. The Bertz CT molecular complexity index is 1110. The Balaban J connectivity index is 1.10. The molecule has 9 heteroatoms. The van der Waals surface area contributed by atoms with E-state index >= 15 is 0 Å². The Labute approximate surface area is 219 Å². The Hall–Kier alpha value is -3.17. The number of fused-ring (bicyclic) bond motifs is 1. The monoisotopic (exact) mass is 506 g/mol. The predicted molar refractivity (Wildman–Crippen MR) is 142 cm³/mol. The molecule has 0 aliphatic carbocycles. The van der Waals surface area contributed by atoms with Gasteiger partial charge in [0.2, 0.25) is 5.91 Å². The maximum atomic E-state index is 13.0. The number of nitrogens with zero attached hydrogens (tertiary/aromatic N) is 6. The number of hydrogen-bond acceptors (Lipinski definition) is 6. The van der Waals surface area contributed by atoms with Crippen LogP contribution in [0.15, 0.2) is 42.6 Å². The van der Waals surface area contributed by atoms with Crippen LogP contribution < -0.4 is 4.90 Å². The fourth-order valence-electron chi connectivity index (χ4n) is 5.77. The first-order chi connectivity index (χ1) is 17.9. The fraction of sp³-hybridized carbons (Fsp3) is 0.536. The van der Waals surface area contributed by atoms with Crippen molar-refractivity contribution < 1.29 is 14.7 Å². The van der Waals surface area contributed by atoms with Crippen molar-refractivity contribution in [3.05, 3.63) is 59.4 Å². The number of urea groups is 1. The predicted octanol–water partition coefficient (Wildman–Crippen LogP) is 1.80. The van der Waals surface area contributed by atoms with Crippen LogP contribution in [0, 0.1) is 0 Å². The summed E-state index contributed by atoms with van der Waals surface area (Å²) in [5.41, 5.74) is 4.61. The van der Waals surface area contributed by atoms with E-state index in [9.17, 15) is 14.7 Å². The third-order valence-corrected chi connectivity index (χ3v) is 7.86. The molecule has 2 unspecified atom stereocenters. The average Bonchev–Trinajstić information content (AvgIpc) is 3.22. The number of benzene rings is 1. The molecule has 1 aromatic heterocycles. The number of piperazine rings is 1. The van der Waals surface area contributed by atoms with Gasteiger partial charge in [0.15, 0.2) is 0 Å². The van der Waals surface area contributed by atoms with Gasteiger partial charge in [0.1, 0.15) is 0 Å². The van der Waals surface area contributed by atoms with Gasteiger partial charge in [0.05, 0.1) is 30.2 Å². The van der Waals surface area contributed by atoms with Gasteiger partial charge in [0, 0.05) is 71.9 Å². The van der Waals surface area contributed by atoms with E-state index in [0.29, 0.717) is 39.3 Å². The highest BCUT2D eigenvalue weighted by Crippen LogP contribution is 2.22. The smallest absolute Gasteiger partial charge is 0.320 e. The maximum Gasteiger partial charge on any atom is 0.320 e. The van der Waals surface area contributed by atoms with Crippen LogP contribution in [0.4, 0.5) is 10.5 Å². The third kappa shape index (κ3) is 5.88. The zero-order valence-electron chi connectivity index (χ0n) is 21.9. The van der Waals surface area contributed by atoms with Gasteiger partial charge in [-0.2, -0.15) is 0 Å². The molecule has 2 saturated heterocycles. The van der Waals surface area contributed by atoms with Crippen LogP contribution in [0.1, 0.15) is 30.7 Å². The number of pyridine rings is 1. The van der Waals surface area contributed by atoms with Crippen LogP contribution in [0.3, 0.4) is 0 Å². The third-order valence-electron chi connectivity index (χ3n) is 7.86. The van der Waals surface area contributed by atoms with Crippen LogP contribution in [-0.4, -0.2) is 106 Å². The number of carbonyl (C=O) groups excluding carboxylic acids is 2. The molecule has 0 saturated carbocycles. The van der Waals surface area contributed by atoms with Crippen molar-refractivity contribution in [2.75, 3.05) is 57.3 Å². The number of amides is 3. The molecule has 3 aliphatic heterocycles. The van der Waals surface area contributed by atoms with Gasteiger partial charge in [-0.15, -0.1) is 0 Å². The van der Waals surface area contributed by atoms with Gasteiger partial charge in [-0.25, -0.2) is 4.79 Å². The summed E-state index contributed by atoms with van der Waals surface area (Å²) in [5.74, 6) is 0.120. The van der Waals surface area contributed by atoms with E-state index in [1.165, 1.54) is 11.1 Å². The number of anilines is 1. The molecule has 198 valence electrons. The van der Waals surface area contributed by atoms with Crippen molar-refractivity contribution in [1.82, 2.24) is 24.6 Å². The molecule has 2 aromatic rings. The molecule has 3 amide bonds. The minimum Gasteiger partial charge on any atom is -0.390 e. The summed E-state index contributed by atoms with van der Waals surface area (Å²) >= 11 is 0. The van der Waals surface area contributed by atoms with Crippen molar-refractivity contribution in [1.29, 1.82) is 0 Å². The van der Waals surface area contributed by atoms with E-state index in [1.807, 2.05) is 17.2 Å². The van der Waals surface area contributed by atoms with Gasteiger partial charge in [-0.3, -0.25) is 14.7 Å². The summed E-state index contributed by atoms with van der Waals surface area (Å²) < 4.78 is 0. The van der Waals surface area contributed by atoms with Gasteiger partial charge in [0.25, 0.3) is 0 Å². The second kappa shape index (κ2) is 11.1. The topological polar surface area (TPSA) is 83.5 Å². The van der Waals surface area contributed by atoms with E-state index in [2.05, 4.69) is 52.0 Å². The summed E-state index contributed by atoms with van der Waals surface area (Å²) in [7, 11) is 0. The molecule has 9 nitrogen and oxygen atoms in total. The number of hydrogen-bond donors (Lipinski definition) is 1. The van der Waals surface area contributed by atoms with E-state index in [4.69, 9.17) is 0 Å². The lowest BCUT2D eigenvalue weighted by Crippen LogP contribution is -2.53. The zero-order chi connectivity index (χ0) is 25.9. The Morgan fingerprint density at radius 1 is 1.03 bits per heavy atom. The highest BCUT2D eigenvalue weighted by atomic mass is 16.3. The number of aliphatic hydroxyl groups excluding tert-OH is 1. The Kier molecular flexibility index (Phi) is 7.62. The van der Waals surface area contributed by atoms with Crippen molar-refractivity contribution in [3.63, 3.8) is 0 Å². The lowest BCUT2D eigenvalue weighted by molar-refractivity contribution is -0.129. The van der Waals surface area contributed by atoms with Crippen LogP contribution in [0.25, 0.3) is 0 Å². The number of rotatable bonds is 7. The summed E-state index contributed by atoms with van der Waals surface area (Å²) in [6.45, 7) is 10.4. The molecule has 37 heavy (non-hydrogen) atoms. The minimum atomic E-state index is -0.572. The second-order valence-corrected chi connectivity index (χ2v) is 10.6. The maximum absolute atomic E-state index is 13.0. The van der Waals surface area contributed by atoms with Crippen LogP contribution in [-0.2, 0) is 24.3 Å². The highest BCUT2D eigenvalue weighted by molar-refractivity contribution is 5.76. The van der Waals surface area contributed by atoms with E-state index in [1.54, 1.807) is 16.7 Å². The molecule has 0 radical (unpaired) electrons. The molecule has 1 N–H and O–H groups in total. The first-order valence-corrected chi connectivity index (χ1v) is 13.4. The molecule has 1 aromatic carbocycles. The largest absolute Gasteiger partial charge is 0.390 e. The summed E-state index contributed by atoms with van der Waals surface area (Å²) in [4.78, 5) is 39.3. The molecule has 0 spiro atoms. The number of aromatic nitrogens is 1. The quantitative estimate of drug-likeness (QED) is 0.617. The summed E-state index contributed by atoms with van der Waals surface area (Å²) in [5, 5.41) is 10.7. The molecule has 4 heterocycles. The lowest BCUT2D eigenvalue weighted by Gasteiger charge is -2.40. The molecule has 5 rings (SSSR count). The van der Waals surface area contributed by atoms with E-state index in [0.717, 1.165) is 44.0 Å². The van der Waals surface area contributed by atoms with Crippen LogP contribution in [0.5, 0.6) is 0 Å². The fourth-order valence-corrected chi connectivity index (χ4v) is 5.77. The summed E-state index contributed by atoms with van der Waals surface area (Å²) in [6.07, 6.45) is 2.30. The van der Waals surface area contributed by atoms with Gasteiger partial charge in [-0.1, -0.05) is 24.3 Å². The molecule has 2 atom stereocenters. The number of carbonyl (C=O) groups is 2. The van der Waals surface area contributed by atoms with Crippen LogP contribution in [0.2, 0.25) is 0 Å². The zero-order valence-corrected chi connectivity index (χ0v) is 21.9. The SMILES string of the molecule is CC(=O)N1CCN(c2ccc(CN3CCN(CC(O)CN4CCc5ccccc5C4)C3=O)nc2)C(C)C1. The number of β-amino-alcohol motifs (C(OH)–C–C–N with tert-alkyl or cyclic N) is 1. The molecular weight excluding hydrogens is 468 g/mol. The summed E-state index contributed by atoms with van der Waals surface area (Å²) in [6, 6.07) is 12.7.